The number of aromatic carboxylic acids is 1. The van der Waals surface area contributed by atoms with Crippen molar-refractivity contribution in [2.45, 2.75) is 20.3 Å². The highest BCUT2D eigenvalue weighted by atomic mass is 32.2. The first kappa shape index (κ1) is 19.0. The molecule has 0 unspecified atom stereocenters. The molecule has 1 N–H and O–H groups in total. The quantitative estimate of drug-likeness (QED) is 0.719. The molecule has 142 valence electrons. The number of fused-ring (bicyclic) bond motifs is 1. The second-order valence-electron chi connectivity index (χ2n) is 6.33. The number of carboxylic acids is 1. The fourth-order valence-corrected chi connectivity index (χ4v) is 3.88. The molecule has 0 saturated heterocycles. The van der Waals surface area contributed by atoms with Crippen molar-refractivity contribution in [3.63, 3.8) is 0 Å². The molecule has 0 amide bonds. The minimum absolute atomic E-state index is 0.0146. The summed E-state index contributed by atoms with van der Waals surface area (Å²) in [5.74, 6) is -1.21. The van der Waals surface area contributed by atoms with Gasteiger partial charge in [0.15, 0.2) is 5.82 Å². The van der Waals surface area contributed by atoms with Crippen molar-refractivity contribution >= 4 is 27.2 Å². The van der Waals surface area contributed by atoms with Gasteiger partial charge >= 0.3 is 16.2 Å². The number of imidazole rings is 1. The van der Waals surface area contributed by atoms with E-state index in [2.05, 4.69) is 9.97 Å². The molecule has 0 radical (unpaired) electrons. The molecular formula is C18H20N4O4S. The van der Waals surface area contributed by atoms with E-state index in [1.165, 1.54) is 20.2 Å². The number of para-hydroxylation sites is 1. The average molecular weight is 388 g/mol. The third-order valence-corrected chi connectivity index (χ3v) is 6.09. The van der Waals surface area contributed by atoms with Crippen LogP contribution in [0.1, 0.15) is 28.4 Å². The van der Waals surface area contributed by atoms with Crippen molar-refractivity contribution < 1.29 is 18.3 Å². The highest BCUT2D eigenvalue weighted by molar-refractivity contribution is 7.87. The standard InChI is InChI=1S/C18H20N4O4S/c1-5-12-9-13(18(23)24)16(19-10-12)17-20-15-11(2)7-6-8-14(15)22(17)27(25,26)21(3)4/h6-10H,5H2,1-4H3,(H,23,24). The molecule has 0 aliphatic carbocycles. The average Bonchev–Trinajstić information content (AvgIpc) is 3.02. The summed E-state index contributed by atoms with van der Waals surface area (Å²) < 4.78 is 28.1. The Balaban J connectivity index is 2.47. The predicted octanol–water partition coefficient (Wildman–Crippen LogP) is 2.32. The molecule has 0 atom stereocenters. The van der Waals surface area contributed by atoms with Crippen LogP contribution in [0.5, 0.6) is 0 Å². The highest BCUT2D eigenvalue weighted by Crippen LogP contribution is 2.30. The van der Waals surface area contributed by atoms with Gasteiger partial charge in [-0.3, -0.25) is 4.98 Å². The maximum absolute atomic E-state index is 13.0. The topological polar surface area (TPSA) is 105 Å². The van der Waals surface area contributed by atoms with Crippen LogP contribution in [-0.2, 0) is 16.6 Å². The minimum Gasteiger partial charge on any atom is -0.478 e. The number of carboxylic acid groups (broad SMARTS) is 1. The van der Waals surface area contributed by atoms with E-state index in [1.807, 2.05) is 19.9 Å². The summed E-state index contributed by atoms with van der Waals surface area (Å²) in [4.78, 5) is 20.5. The van der Waals surface area contributed by atoms with Crippen LogP contribution in [-0.4, -0.2) is 51.8 Å². The van der Waals surface area contributed by atoms with Crippen molar-refractivity contribution in [2.75, 3.05) is 14.1 Å². The molecule has 1 aromatic carbocycles. The monoisotopic (exact) mass is 388 g/mol. The fraction of sp³-hybridized carbons (Fsp3) is 0.278. The van der Waals surface area contributed by atoms with Crippen LogP contribution >= 0.6 is 0 Å². The molecule has 3 rings (SSSR count). The Hall–Kier alpha value is -2.78. The number of carbonyl (C=O) groups is 1. The second kappa shape index (κ2) is 6.75. The van der Waals surface area contributed by atoms with Gasteiger partial charge in [0.05, 0.1) is 16.6 Å². The third-order valence-electron chi connectivity index (χ3n) is 4.33. The maximum atomic E-state index is 13.0. The first-order valence-corrected chi connectivity index (χ1v) is 9.71. The molecule has 0 spiro atoms. The van der Waals surface area contributed by atoms with Gasteiger partial charge in [0.25, 0.3) is 0 Å². The molecule has 2 aromatic heterocycles. The zero-order valence-electron chi connectivity index (χ0n) is 15.5. The van der Waals surface area contributed by atoms with E-state index < -0.39 is 16.2 Å². The number of benzene rings is 1. The lowest BCUT2D eigenvalue weighted by atomic mass is 10.1. The summed E-state index contributed by atoms with van der Waals surface area (Å²) in [6.45, 7) is 3.70. The zero-order chi connectivity index (χ0) is 19.9. The molecule has 2 heterocycles. The van der Waals surface area contributed by atoms with Crippen LogP contribution < -0.4 is 0 Å². The number of hydrogen-bond donors (Lipinski definition) is 1. The number of aryl methyl sites for hydroxylation is 2. The highest BCUT2D eigenvalue weighted by Gasteiger charge is 2.29. The van der Waals surface area contributed by atoms with Gasteiger partial charge in [-0.25, -0.2) is 13.8 Å². The van der Waals surface area contributed by atoms with E-state index in [-0.39, 0.29) is 17.1 Å². The third kappa shape index (κ3) is 3.08. The lowest BCUT2D eigenvalue weighted by Gasteiger charge is -2.16. The van der Waals surface area contributed by atoms with Crippen LogP contribution in [0.2, 0.25) is 0 Å². The van der Waals surface area contributed by atoms with E-state index in [9.17, 15) is 18.3 Å². The number of aromatic nitrogens is 3. The van der Waals surface area contributed by atoms with Gasteiger partial charge in [0.2, 0.25) is 0 Å². The van der Waals surface area contributed by atoms with Crippen LogP contribution in [0.4, 0.5) is 0 Å². The van der Waals surface area contributed by atoms with Gasteiger partial charge in [-0.2, -0.15) is 12.7 Å². The molecule has 9 heteroatoms. The summed E-state index contributed by atoms with van der Waals surface area (Å²) >= 11 is 0. The van der Waals surface area contributed by atoms with E-state index in [4.69, 9.17) is 0 Å². The largest absolute Gasteiger partial charge is 0.478 e. The lowest BCUT2D eigenvalue weighted by Crippen LogP contribution is -2.29. The van der Waals surface area contributed by atoms with Crippen molar-refractivity contribution in [1.82, 2.24) is 18.2 Å². The molecule has 0 saturated carbocycles. The van der Waals surface area contributed by atoms with Crippen molar-refractivity contribution in [3.05, 3.63) is 47.2 Å². The minimum atomic E-state index is -3.96. The molecule has 3 aromatic rings. The first-order chi connectivity index (χ1) is 12.7. The Morgan fingerprint density at radius 3 is 2.59 bits per heavy atom. The molecule has 27 heavy (non-hydrogen) atoms. The smallest absolute Gasteiger partial charge is 0.338 e. The first-order valence-electron chi connectivity index (χ1n) is 8.32. The number of hydrogen-bond acceptors (Lipinski definition) is 5. The maximum Gasteiger partial charge on any atom is 0.338 e. The Bertz CT molecular complexity index is 1150. The molecule has 0 aliphatic rings. The van der Waals surface area contributed by atoms with Gasteiger partial charge in [0.1, 0.15) is 5.69 Å². The lowest BCUT2D eigenvalue weighted by molar-refractivity contribution is 0.0697. The zero-order valence-corrected chi connectivity index (χ0v) is 16.3. The van der Waals surface area contributed by atoms with Gasteiger partial charge in [-0.1, -0.05) is 19.1 Å². The summed E-state index contributed by atoms with van der Waals surface area (Å²) in [6.07, 6.45) is 2.15. The molecule has 8 nitrogen and oxygen atoms in total. The van der Waals surface area contributed by atoms with Gasteiger partial charge in [0, 0.05) is 20.3 Å². The molecule has 0 fully saturated rings. The van der Waals surface area contributed by atoms with Crippen LogP contribution in [0.15, 0.2) is 30.5 Å². The van der Waals surface area contributed by atoms with Crippen LogP contribution in [0, 0.1) is 6.92 Å². The Morgan fingerprint density at radius 2 is 2.00 bits per heavy atom. The summed E-state index contributed by atoms with van der Waals surface area (Å²) in [7, 11) is -1.14. The number of pyridine rings is 1. The van der Waals surface area contributed by atoms with Crippen LogP contribution in [0.3, 0.4) is 0 Å². The molecule has 0 aliphatic heterocycles. The van der Waals surface area contributed by atoms with E-state index in [0.717, 1.165) is 19.4 Å². The van der Waals surface area contributed by atoms with Gasteiger partial charge in [-0.05, 0) is 36.6 Å². The van der Waals surface area contributed by atoms with Crippen molar-refractivity contribution in [2.24, 2.45) is 0 Å². The molecular weight excluding hydrogens is 368 g/mol. The van der Waals surface area contributed by atoms with E-state index >= 15 is 0 Å². The van der Waals surface area contributed by atoms with Crippen molar-refractivity contribution in [3.8, 4) is 11.5 Å². The SMILES string of the molecule is CCc1cnc(-c2nc3c(C)cccc3n2S(=O)(=O)N(C)C)c(C(=O)O)c1. The van der Waals surface area contributed by atoms with Crippen molar-refractivity contribution in [1.29, 1.82) is 0 Å². The number of nitrogens with zero attached hydrogens (tertiary/aromatic N) is 4. The normalized spacial score (nSPS) is 12.0. The second-order valence-corrected chi connectivity index (χ2v) is 8.32. The Morgan fingerprint density at radius 1 is 1.30 bits per heavy atom. The molecule has 0 bridgehead atoms. The Labute approximate surface area is 157 Å². The Kier molecular flexibility index (Phi) is 4.75. The summed E-state index contributed by atoms with van der Waals surface area (Å²) in [6, 6.07) is 6.69. The van der Waals surface area contributed by atoms with Gasteiger partial charge < -0.3 is 5.11 Å². The predicted molar refractivity (Wildman–Crippen MR) is 102 cm³/mol. The summed E-state index contributed by atoms with van der Waals surface area (Å²) in [5.41, 5.74) is 2.30. The van der Waals surface area contributed by atoms with Gasteiger partial charge in [-0.15, -0.1) is 0 Å². The fourth-order valence-electron chi connectivity index (χ4n) is 2.81. The number of rotatable bonds is 5. The van der Waals surface area contributed by atoms with Crippen LogP contribution in [0.25, 0.3) is 22.6 Å². The van der Waals surface area contributed by atoms with E-state index in [0.29, 0.717) is 17.5 Å². The summed E-state index contributed by atoms with van der Waals surface area (Å²) in [5, 5.41) is 9.64. The van der Waals surface area contributed by atoms with E-state index in [1.54, 1.807) is 18.3 Å².